The van der Waals surface area contributed by atoms with E-state index in [0.29, 0.717) is 19.3 Å². The van der Waals surface area contributed by atoms with Crippen LogP contribution in [0.3, 0.4) is 0 Å². The van der Waals surface area contributed by atoms with E-state index in [1.165, 1.54) is 5.56 Å². The first-order valence-electron chi connectivity index (χ1n) is 7.88. The molecular formula is C17H29NO3. The average molecular weight is 295 g/mol. The van der Waals surface area contributed by atoms with E-state index in [1.807, 2.05) is 26.0 Å². The number of hydrogen-bond donors (Lipinski definition) is 1. The van der Waals surface area contributed by atoms with Crippen LogP contribution in [0, 0.1) is 0 Å². The van der Waals surface area contributed by atoms with Gasteiger partial charge in [-0.25, -0.2) is 0 Å². The van der Waals surface area contributed by atoms with E-state index in [-0.39, 0.29) is 0 Å². The fraction of sp³-hybridized carbons (Fsp3) is 0.647. The van der Waals surface area contributed by atoms with Gasteiger partial charge < -0.3 is 19.5 Å². The van der Waals surface area contributed by atoms with Gasteiger partial charge in [0, 0.05) is 13.2 Å². The molecule has 4 heteroatoms. The second-order valence-electron chi connectivity index (χ2n) is 5.10. The number of hydrogen-bond acceptors (Lipinski definition) is 4. The third-order valence-corrected chi connectivity index (χ3v) is 2.89. The molecule has 1 rings (SSSR count). The van der Waals surface area contributed by atoms with Gasteiger partial charge in [0.25, 0.3) is 0 Å². The van der Waals surface area contributed by atoms with Crippen molar-refractivity contribution in [2.75, 3.05) is 26.4 Å². The molecule has 1 aromatic carbocycles. The van der Waals surface area contributed by atoms with Crippen molar-refractivity contribution in [3.05, 3.63) is 23.8 Å². The maximum atomic E-state index is 5.63. The first-order chi connectivity index (χ1) is 10.2. The Kier molecular flexibility index (Phi) is 8.87. The summed E-state index contributed by atoms with van der Waals surface area (Å²) < 4.78 is 16.7. The Labute approximate surface area is 128 Å². The van der Waals surface area contributed by atoms with Crippen molar-refractivity contribution < 1.29 is 14.2 Å². The predicted molar refractivity (Wildman–Crippen MR) is 86.2 cm³/mol. The van der Waals surface area contributed by atoms with Gasteiger partial charge in [-0.1, -0.05) is 6.07 Å². The number of rotatable bonds is 11. The molecule has 0 bridgehead atoms. The monoisotopic (exact) mass is 295 g/mol. The second kappa shape index (κ2) is 10.5. The Morgan fingerprint density at radius 2 is 1.76 bits per heavy atom. The molecule has 1 aromatic rings. The normalized spacial score (nSPS) is 10.9. The van der Waals surface area contributed by atoms with Gasteiger partial charge in [0.2, 0.25) is 0 Å². The van der Waals surface area contributed by atoms with Crippen molar-refractivity contribution in [2.24, 2.45) is 0 Å². The van der Waals surface area contributed by atoms with Crippen LogP contribution in [0.5, 0.6) is 11.5 Å². The summed E-state index contributed by atoms with van der Waals surface area (Å²) in [5.74, 6) is 1.63. The topological polar surface area (TPSA) is 39.7 Å². The van der Waals surface area contributed by atoms with E-state index in [0.717, 1.165) is 37.6 Å². The molecule has 0 aliphatic rings. The van der Waals surface area contributed by atoms with E-state index in [1.54, 1.807) is 0 Å². The molecule has 4 nitrogen and oxygen atoms in total. The standard InChI is InChI=1S/C17H29NO3/c1-5-19-16-9-8-15(12-17(16)20-6-2)13-18-10-7-11-21-14(3)4/h8-9,12,14,18H,5-7,10-11,13H2,1-4H3. The van der Waals surface area contributed by atoms with Crippen LogP contribution in [-0.2, 0) is 11.3 Å². The molecule has 0 aliphatic heterocycles. The highest BCUT2D eigenvalue weighted by Crippen LogP contribution is 2.28. The number of ether oxygens (including phenoxy) is 3. The summed E-state index contributed by atoms with van der Waals surface area (Å²) in [5, 5.41) is 3.42. The summed E-state index contributed by atoms with van der Waals surface area (Å²) in [6.45, 7) is 11.9. The van der Waals surface area contributed by atoms with Crippen LogP contribution in [-0.4, -0.2) is 32.5 Å². The molecule has 120 valence electrons. The zero-order chi connectivity index (χ0) is 15.5. The van der Waals surface area contributed by atoms with E-state index in [4.69, 9.17) is 14.2 Å². The van der Waals surface area contributed by atoms with Crippen molar-refractivity contribution in [1.29, 1.82) is 0 Å². The summed E-state index contributed by atoms with van der Waals surface area (Å²) in [5.41, 5.74) is 1.20. The summed E-state index contributed by atoms with van der Waals surface area (Å²) >= 11 is 0. The van der Waals surface area contributed by atoms with E-state index in [9.17, 15) is 0 Å². The van der Waals surface area contributed by atoms with Crippen molar-refractivity contribution in [3.63, 3.8) is 0 Å². The van der Waals surface area contributed by atoms with Gasteiger partial charge in [0.1, 0.15) is 0 Å². The summed E-state index contributed by atoms with van der Waals surface area (Å²) in [7, 11) is 0. The highest BCUT2D eigenvalue weighted by atomic mass is 16.5. The number of nitrogens with one attached hydrogen (secondary N) is 1. The SMILES string of the molecule is CCOc1ccc(CNCCCOC(C)C)cc1OCC. The molecule has 0 spiro atoms. The van der Waals surface area contributed by atoms with E-state index in [2.05, 4.69) is 25.2 Å². The first kappa shape index (κ1) is 17.8. The van der Waals surface area contributed by atoms with Gasteiger partial charge in [-0.2, -0.15) is 0 Å². The lowest BCUT2D eigenvalue weighted by Gasteiger charge is -2.13. The van der Waals surface area contributed by atoms with Crippen LogP contribution >= 0.6 is 0 Å². The van der Waals surface area contributed by atoms with Gasteiger partial charge >= 0.3 is 0 Å². The smallest absolute Gasteiger partial charge is 0.161 e. The van der Waals surface area contributed by atoms with Crippen LogP contribution in [0.4, 0.5) is 0 Å². The molecule has 0 heterocycles. The first-order valence-corrected chi connectivity index (χ1v) is 7.88. The van der Waals surface area contributed by atoms with Crippen molar-refractivity contribution in [3.8, 4) is 11.5 Å². The maximum absolute atomic E-state index is 5.63. The van der Waals surface area contributed by atoms with Gasteiger partial charge in [0.15, 0.2) is 11.5 Å². The minimum absolute atomic E-state index is 0.310. The molecule has 0 radical (unpaired) electrons. The molecule has 0 aliphatic carbocycles. The fourth-order valence-electron chi connectivity index (χ4n) is 1.95. The van der Waals surface area contributed by atoms with Crippen LogP contribution in [0.15, 0.2) is 18.2 Å². The molecule has 0 fully saturated rings. The van der Waals surface area contributed by atoms with Crippen molar-refractivity contribution in [1.82, 2.24) is 5.32 Å². The highest BCUT2D eigenvalue weighted by Gasteiger charge is 2.05. The van der Waals surface area contributed by atoms with Crippen LogP contribution < -0.4 is 14.8 Å². The lowest BCUT2D eigenvalue weighted by Crippen LogP contribution is -2.17. The molecule has 0 aromatic heterocycles. The largest absolute Gasteiger partial charge is 0.490 e. The zero-order valence-corrected chi connectivity index (χ0v) is 13.8. The Balaban J connectivity index is 2.39. The molecule has 1 N–H and O–H groups in total. The number of benzene rings is 1. The summed E-state index contributed by atoms with van der Waals surface area (Å²) in [6.07, 6.45) is 1.33. The van der Waals surface area contributed by atoms with E-state index < -0.39 is 0 Å². The highest BCUT2D eigenvalue weighted by molar-refractivity contribution is 5.43. The Hall–Kier alpha value is -1.26. The third kappa shape index (κ3) is 7.34. The minimum atomic E-state index is 0.310. The molecule has 0 saturated carbocycles. The predicted octanol–water partition coefficient (Wildman–Crippen LogP) is 3.39. The van der Waals surface area contributed by atoms with Gasteiger partial charge in [-0.15, -0.1) is 0 Å². The lowest BCUT2D eigenvalue weighted by atomic mass is 10.2. The van der Waals surface area contributed by atoms with Gasteiger partial charge in [0.05, 0.1) is 19.3 Å². The summed E-state index contributed by atoms with van der Waals surface area (Å²) in [6, 6.07) is 6.10. The van der Waals surface area contributed by atoms with Crippen LogP contribution in [0.2, 0.25) is 0 Å². The minimum Gasteiger partial charge on any atom is -0.490 e. The van der Waals surface area contributed by atoms with Gasteiger partial charge in [-0.3, -0.25) is 0 Å². The van der Waals surface area contributed by atoms with Gasteiger partial charge in [-0.05, 0) is 58.4 Å². The molecular weight excluding hydrogens is 266 g/mol. The Bertz CT molecular complexity index is 394. The maximum Gasteiger partial charge on any atom is 0.161 e. The average Bonchev–Trinajstić information content (AvgIpc) is 2.45. The van der Waals surface area contributed by atoms with Crippen LogP contribution in [0.1, 0.15) is 39.7 Å². The molecule has 21 heavy (non-hydrogen) atoms. The Morgan fingerprint density at radius 3 is 2.43 bits per heavy atom. The molecule has 0 atom stereocenters. The Morgan fingerprint density at radius 1 is 1.05 bits per heavy atom. The van der Waals surface area contributed by atoms with Crippen molar-refractivity contribution in [2.45, 2.75) is 46.8 Å². The fourth-order valence-corrected chi connectivity index (χ4v) is 1.95. The quantitative estimate of drug-likeness (QED) is 0.635. The third-order valence-electron chi connectivity index (χ3n) is 2.89. The zero-order valence-electron chi connectivity index (χ0n) is 13.8. The van der Waals surface area contributed by atoms with Crippen LogP contribution in [0.25, 0.3) is 0 Å². The molecule has 0 unspecified atom stereocenters. The molecule has 0 saturated heterocycles. The van der Waals surface area contributed by atoms with E-state index >= 15 is 0 Å². The summed E-state index contributed by atoms with van der Waals surface area (Å²) in [4.78, 5) is 0. The molecule has 0 amide bonds. The second-order valence-corrected chi connectivity index (χ2v) is 5.10. The lowest BCUT2D eigenvalue weighted by molar-refractivity contribution is 0.0770. The van der Waals surface area contributed by atoms with Crippen molar-refractivity contribution >= 4 is 0 Å².